The first kappa shape index (κ1) is 26.0. The third kappa shape index (κ3) is 4.93. The summed E-state index contributed by atoms with van der Waals surface area (Å²) in [7, 11) is 6.58. The molecule has 2 atom stereocenters. The van der Waals surface area contributed by atoms with Crippen LogP contribution < -0.4 is 15.4 Å². The van der Waals surface area contributed by atoms with Gasteiger partial charge < -0.3 is 19.3 Å². The van der Waals surface area contributed by atoms with Crippen molar-refractivity contribution in [3.8, 4) is 11.4 Å². The van der Waals surface area contributed by atoms with Gasteiger partial charge in [-0.2, -0.15) is 13.2 Å². The van der Waals surface area contributed by atoms with Gasteiger partial charge in [0, 0.05) is 52.7 Å². The van der Waals surface area contributed by atoms with Crippen molar-refractivity contribution in [1.82, 2.24) is 9.55 Å². The van der Waals surface area contributed by atoms with Crippen LogP contribution in [0.4, 0.5) is 24.5 Å². The summed E-state index contributed by atoms with van der Waals surface area (Å²) in [5.74, 6) is 0.0245. The quantitative estimate of drug-likeness (QED) is 0.570. The van der Waals surface area contributed by atoms with Crippen LogP contribution in [0.15, 0.2) is 23.0 Å². The van der Waals surface area contributed by atoms with E-state index in [1.807, 2.05) is 11.8 Å². The van der Waals surface area contributed by atoms with E-state index < -0.39 is 11.7 Å². The Morgan fingerprint density at radius 1 is 1.21 bits per heavy atom. The fraction of sp³-hybridized carbons (Fsp3) is 0.583. The number of aromatic nitrogens is 2. The van der Waals surface area contributed by atoms with Crippen molar-refractivity contribution in [3.05, 3.63) is 39.8 Å². The molecule has 0 aliphatic carbocycles. The minimum absolute atomic E-state index is 0.0245. The maximum absolute atomic E-state index is 14.1. The van der Waals surface area contributed by atoms with Crippen LogP contribution in [0.3, 0.4) is 0 Å². The molecule has 0 spiro atoms. The van der Waals surface area contributed by atoms with E-state index in [1.54, 1.807) is 46.2 Å². The van der Waals surface area contributed by atoms with Crippen LogP contribution in [0.1, 0.15) is 31.5 Å². The van der Waals surface area contributed by atoms with E-state index in [1.165, 1.54) is 10.6 Å². The molecule has 0 N–H and O–H groups in total. The number of ether oxygens (including phenoxy) is 2. The SMILES string of the molecule is CCc1nc(-c2ccc(N(C)C)cc2C(F)(F)F)n(CC)c(=O)c1N1C[C@H](OC)C[C@H]1COC. The van der Waals surface area contributed by atoms with E-state index in [4.69, 9.17) is 9.47 Å². The molecule has 0 amide bonds. The topological polar surface area (TPSA) is 59.8 Å². The van der Waals surface area contributed by atoms with Crippen LogP contribution in [-0.2, 0) is 28.6 Å². The van der Waals surface area contributed by atoms with Crippen LogP contribution in [0.5, 0.6) is 0 Å². The first-order valence-electron chi connectivity index (χ1n) is 11.4. The molecule has 1 fully saturated rings. The normalized spacial score (nSPS) is 18.6. The maximum Gasteiger partial charge on any atom is 0.417 e. The van der Waals surface area contributed by atoms with Crippen LogP contribution in [0.2, 0.25) is 0 Å². The Morgan fingerprint density at radius 3 is 2.44 bits per heavy atom. The van der Waals surface area contributed by atoms with Crippen molar-refractivity contribution in [2.75, 3.05) is 51.3 Å². The van der Waals surface area contributed by atoms with Gasteiger partial charge in [0.1, 0.15) is 11.5 Å². The molecular weight excluding hydrogens is 449 g/mol. The highest BCUT2D eigenvalue weighted by atomic mass is 19.4. The molecule has 1 aromatic carbocycles. The van der Waals surface area contributed by atoms with Crippen LogP contribution in [0, 0.1) is 0 Å². The second kappa shape index (κ2) is 10.4. The van der Waals surface area contributed by atoms with Gasteiger partial charge in [-0.05, 0) is 38.0 Å². The molecule has 7 nitrogen and oxygen atoms in total. The molecule has 188 valence electrons. The van der Waals surface area contributed by atoms with Crippen molar-refractivity contribution in [3.63, 3.8) is 0 Å². The molecule has 0 saturated carbocycles. The van der Waals surface area contributed by atoms with Crippen molar-refractivity contribution in [2.45, 2.75) is 51.6 Å². The Balaban J connectivity index is 2.25. The number of rotatable bonds is 8. The molecule has 0 bridgehead atoms. The number of anilines is 2. The fourth-order valence-electron chi connectivity index (χ4n) is 4.53. The predicted octanol–water partition coefficient (Wildman–Crippen LogP) is 3.82. The van der Waals surface area contributed by atoms with E-state index in [0.29, 0.717) is 43.1 Å². The number of nitrogens with zero attached hydrogens (tertiary/aromatic N) is 4. The third-order valence-electron chi connectivity index (χ3n) is 6.29. The monoisotopic (exact) mass is 482 g/mol. The zero-order valence-corrected chi connectivity index (χ0v) is 20.6. The lowest BCUT2D eigenvalue weighted by Crippen LogP contribution is -2.40. The summed E-state index contributed by atoms with van der Waals surface area (Å²) in [6.07, 6.45) is -3.60. The molecule has 3 rings (SSSR count). The van der Waals surface area contributed by atoms with Gasteiger partial charge in [-0.3, -0.25) is 9.36 Å². The Morgan fingerprint density at radius 2 is 1.91 bits per heavy atom. The van der Waals surface area contributed by atoms with Gasteiger partial charge in [0.2, 0.25) is 0 Å². The van der Waals surface area contributed by atoms with Crippen LogP contribution in [-0.4, -0.2) is 63.2 Å². The summed E-state index contributed by atoms with van der Waals surface area (Å²) in [4.78, 5) is 22.0. The number of alkyl halides is 3. The van der Waals surface area contributed by atoms with Gasteiger partial charge in [-0.1, -0.05) is 6.92 Å². The van der Waals surface area contributed by atoms with Crippen molar-refractivity contribution < 1.29 is 22.6 Å². The second-order valence-electron chi connectivity index (χ2n) is 8.61. The Kier molecular flexibility index (Phi) is 7.92. The molecule has 1 aliphatic rings. The molecule has 2 heterocycles. The average molecular weight is 483 g/mol. The molecule has 0 unspecified atom stereocenters. The van der Waals surface area contributed by atoms with Gasteiger partial charge in [-0.15, -0.1) is 0 Å². The number of methoxy groups -OCH3 is 2. The van der Waals surface area contributed by atoms with Gasteiger partial charge in [0.05, 0.1) is 30.0 Å². The highest BCUT2D eigenvalue weighted by Crippen LogP contribution is 2.39. The van der Waals surface area contributed by atoms with Crippen molar-refractivity contribution >= 4 is 11.4 Å². The molecule has 34 heavy (non-hydrogen) atoms. The molecule has 0 radical (unpaired) electrons. The number of halogens is 3. The summed E-state index contributed by atoms with van der Waals surface area (Å²) in [5, 5.41) is 0. The summed E-state index contributed by atoms with van der Waals surface area (Å²) >= 11 is 0. The maximum atomic E-state index is 14.1. The highest BCUT2D eigenvalue weighted by Gasteiger charge is 2.38. The molecule has 1 saturated heterocycles. The lowest BCUT2D eigenvalue weighted by atomic mass is 10.0. The summed E-state index contributed by atoms with van der Waals surface area (Å²) in [6, 6.07) is 4.01. The predicted molar refractivity (Wildman–Crippen MR) is 127 cm³/mol. The molecule has 1 aromatic heterocycles. The third-order valence-corrected chi connectivity index (χ3v) is 6.29. The molecule has 1 aliphatic heterocycles. The first-order chi connectivity index (χ1) is 16.1. The zero-order valence-electron chi connectivity index (χ0n) is 20.6. The lowest BCUT2D eigenvalue weighted by molar-refractivity contribution is -0.137. The van der Waals surface area contributed by atoms with E-state index >= 15 is 0 Å². The van der Waals surface area contributed by atoms with Gasteiger partial charge >= 0.3 is 6.18 Å². The average Bonchev–Trinajstić information content (AvgIpc) is 3.20. The minimum Gasteiger partial charge on any atom is -0.383 e. The first-order valence-corrected chi connectivity index (χ1v) is 11.4. The molecular formula is C24H33F3N4O3. The minimum atomic E-state index is -4.60. The smallest absolute Gasteiger partial charge is 0.383 e. The molecule has 10 heteroatoms. The van der Waals surface area contributed by atoms with E-state index in [2.05, 4.69) is 4.98 Å². The van der Waals surface area contributed by atoms with Crippen molar-refractivity contribution in [2.24, 2.45) is 0 Å². The Hall–Kier alpha value is -2.59. The number of benzene rings is 1. The van der Waals surface area contributed by atoms with Crippen molar-refractivity contribution in [1.29, 1.82) is 0 Å². The summed E-state index contributed by atoms with van der Waals surface area (Å²) < 4.78 is 54.4. The largest absolute Gasteiger partial charge is 0.417 e. The fourth-order valence-corrected chi connectivity index (χ4v) is 4.53. The van der Waals surface area contributed by atoms with Gasteiger partial charge in [-0.25, -0.2) is 4.98 Å². The lowest BCUT2D eigenvalue weighted by Gasteiger charge is -2.28. The van der Waals surface area contributed by atoms with Gasteiger partial charge in [0.25, 0.3) is 5.56 Å². The second-order valence-corrected chi connectivity index (χ2v) is 8.61. The number of hydrogen-bond donors (Lipinski definition) is 0. The van der Waals surface area contributed by atoms with Crippen LogP contribution >= 0.6 is 0 Å². The van der Waals surface area contributed by atoms with Gasteiger partial charge in [0.15, 0.2) is 0 Å². The van der Waals surface area contributed by atoms with E-state index in [-0.39, 0.29) is 35.6 Å². The number of hydrogen-bond acceptors (Lipinski definition) is 6. The molecule has 2 aromatic rings. The Labute approximate surface area is 198 Å². The van der Waals surface area contributed by atoms with E-state index in [9.17, 15) is 18.0 Å². The zero-order chi connectivity index (χ0) is 25.2. The van der Waals surface area contributed by atoms with Crippen LogP contribution in [0.25, 0.3) is 11.4 Å². The van der Waals surface area contributed by atoms with E-state index in [0.717, 1.165) is 6.07 Å². The number of aryl methyl sites for hydroxylation is 1. The highest BCUT2D eigenvalue weighted by molar-refractivity contribution is 5.68. The summed E-state index contributed by atoms with van der Waals surface area (Å²) in [6.45, 7) is 4.66. The standard InChI is InChI=1S/C24H33F3N4O3/c1-7-20-21(31-13-17(34-6)11-16(31)14-33-5)23(32)30(8-2)22(28-20)18-10-9-15(29(3)4)12-19(18)24(25,26)27/h9-10,12,16-17H,7-8,11,13-14H2,1-6H3/t16-,17+/m0/s1. The summed E-state index contributed by atoms with van der Waals surface area (Å²) in [5.41, 5.74) is 0.00912. The Bertz CT molecular complexity index is 1070.